The van der Waals surface area contributed by atoms with Gasteiger partial charge in [-0.25, -0.2) is 0 Å². The van der Waals surface area contributed by atoms with E-state index < -0.39 is 0 Å². The van der Waals surface area contributed by atoms with Crippen LogP contribution in [0.2, 0.25) is 0 Å². The van der Waals surface area contributed by atoms with Crippen molar-refractivity contribution in [2.75, 3.05) is 13.2 Å². The highest BCUT2D eigenvalue weighted by atomic mass is 16.6. The van der Waals surface area contributed by atoms with Gasteiger partial charge in [-0.15, -0.1) is 0 Å². The summed E-state index contributed by atoms with van der Waals surface area (Å²) in [5, 5.41) is 7.90. The third kappa shape index (κ3) is 5.29. The molecule has 1 amide bonds. The maximum atomic E-state index is 12.6. The summed E-state index contributed by atoms with van der Waals surface area (Å²) in [5.74, 6) is 1.52. The van der Waals surface area contributed by atoms with Crippen LogP contribution in [0.4, 0.5) is 0 Å². The summed E-state index contributed by atoms with van der Waals surface area (Å²) in [7, 11) is 0. The highest BCUT2D eigenvalue weighted by Crippen LogP contribution is 2.31. The van der Waals surface area contributed by atoms with Gasteiger partial charge >= 0.3 is 0 Å². The van der Waals surface area contributed by atoms with E-state index in [0.717, 1.165) is 33.9 Å². The molecule has 1 aliphatic heterocycles. The van der Waals surface area contributed by atoms with Gasteiger partial charge in [0.05, 0.1) is 12.2 Å². The molecule has 0 aliphatic carbocycles. The summed E-state index contributed by atoms with van der Waals surface area (Å²) in [5.41, 5.74) is 5.16. The van der Waals surface area contributed by atoms with Gasteiger partial charge < -0.3 is 14.8 Å². The summed E-state index contributed by atoms with van der Waals surface area (Å²) in [6.45, 7) is 2.23. The molecule has 0 unspecified atom stereocenters. The van der Waals surface area contributed by atoms with Gasteiger partial charge in [-0.3, -0.25) is 9.48 Å². The summed E-state index contributed by atoms with van der Waals surface area (Å²) >= 11 is 0. The lowest BCUT2D eigenvalue weighted by Crippen LogP contribution is -2.23. The molecule has 3 aromatic carbocycles. The minimum absolute atomic E-state index is 0.00436. The lowest BCUT2D eigenvalue weighted by Gasteiger charge is -2.18. The normalized spacial score (nSPS) is 12.4. The number of hydrogen-bond acceptors (Lipinski definition) is 4. The molecular formula is C28H27N3O3. The number of benzene rings is 3. The van der Waals surface area contributed by atoms with E-state index in [1.807, 2.05) is 77.6 Å². The minimum atomic E-state index is 0.00436. The van der Waals surface area contributed by atoms with Crippen LogP contribution < -0.4 is 14.8 Å². The molecule has 0 fully saturated rings. The number of aromatic nitrogens is 2. The van der Waals surface area contributed by atoms with Crippen molar-refractivity contribution in [2.45, 2.75) is 25.9 Å². The molecule has 1 aromatic heterocycles. The highest BCUT2D eigenvalue weighted by molar-refractivity contribution is 5.76. The number of rotatable bonds is 8. The van der Waals surface area contributed by atoms with E-state index >= 15 is 0 Å². The van der Waals surface area contributed by atoms with Gasteiger partial charge in [0, 0.05) is 30.3 Å². The Labute approximate surface area is 199 Å². The zero-order valence-corrected chi connectivity index (χ0v) is 18.9. The molecule has 1 N–H and O–H groups in total. The Bertz CT molecular complexity index is 1250. The van der Waals surface area contributed by atoms with E-state index in [2.05, 4.69) is 17.4 Å². The van der Waals surface area contributed by atoms with Gasteiger partial charge in [-0.05, 0) is 29.7 Å². The summed E-state index contributed by atoms with van der Waals surface area (Å²) in [4.78, 5) is 12.6. The Balaban J connectivity index is 1.24. The number of amides is 1. The first-order valence-corrected chi connectivity index (χ1v) is 11.6. The fourth-order valence-corrected chi connectivity index (χ4v) is 4.07. The zero-order valence-electron chi connectivity index (χ0n) is 18.9. The highest BCUT2D eigenvalue weighted by Gasteiger charge is 2.14. The number of fused-ring (bicyclic) bond motifs is 1. The lowest BCUT2D eigenvalue weighted by atomic mass is 10.1. The molecule has 1 aliphatic rings. The molecule has 6 nitrogen and oxygen atoms in total. The van der Waals surface area contributed by atoms with Crippen LogP contribution in [0.5, 0.6) is 11.5 Å². The van der Waals surface area contributed by atoms with Crippen LogP contribution in [0.1, 0.15) is 23.1 Å². The van der Waals surface area contributed by atoms with E-state index in [-0.39, 0.29) is 5.91 Å². The predicted molar refractivity (Wildman–Crippen MR) is 131 cm³/mol. The first-order valence-electron chi connectivity index (χ1n) is 11.6. The summed E-state index contributed by atoms with van der Waals surface area (Å²) < 4.78 is 13.1. The van der Waals surface area contributed by atoms with E-state index in [1.165, 1.54) is 5.56 Å². The van der Waals surface area contributed by atoms with E-state index in [4.69, 9.17) is 14.6 Å². The Morgan fingerprint density at radius 2 is 1.62 bits per heavy atom. The molecule has 4 aromatic rings. The molecule has 34 heavy (non-hydrogen) atoms. The van der Waals surface area contributed by atoms with Gasteiger partial charge in [0.1, 0.15) is 13.2 Å². The van der Waals surface area contributed by atoms with Crippen LogP contribution in [0, 0.1) is 0 Å². The number of hydrogen-bond donors (Lipinski definition) is 1. The van der Waals surface area contributed by atoms with Gasteiger partial charge in [-0.1, -0.05) is 66.7 Å². The molecule has 6 heteroatoms. The van der Waals surface area contributed by atoms with Crippen molar-refractivity contribution in [3.63, 3.8) is 0 Å². The van der Waals surface area contributed by atoms with Gasteiger partial charge in [-0.2, -0.15) is 5.10 Å². The number of carbonyl (C=O) groups excluding carboxylic acids is 1. The van der Waals surface area contributed by atoms with Gasteiger partial charge in [0.15, 0.2) is 11.5 Å². The quantitative estimate of drug-likeness (QED) is 0.423. The molecule has 0 spiro atoms. The number of nitrogens with one attached hydrogen (secondary N) is 1. The number of aryl methyl sites for hydroxylation is 1. The lowest BCUT2D eigenvalue weighted by molar-refractivity contribution is -0.121. The molecule has 0 bridgehead atoms. The molecule has 0 radical (unpaired) electrons. The monoisotopic (exact) mass is 453 g/mol. The van der Waals surface area contributed by atoms with E-state index in [0.29, 0.717) is 39.1 Å². The van der Waals surface area contributed by atoms with Crippen molar-refractivity contribution >= 4 is 5.91 Å². The van der Waals surface area contributed by atoms with Gasteiger partial charge in [0.25, 0.3) is 0 Å². The Hall–Kier alpha value is -4.06. The predicted octanol–water partition coefficient (Wildman–Crippen LogP) is 4.62. The average molecular weight is 454 g/mol. The van der Waals surface area contributed by atoms with Crippen molar-refractivity contribution in [3.8, 4) is 22.8 Å². The standard InChI is InChI=1S/C28H27N3O3/c32-27(14-12-21-11-13-25-26(17-21)34-16-15-33-25)29-18-24-20-31(19-22-7-3-1-4-8-22)30-28(24)23-9-5-2-6-10-23/h1-11,13,17,20H,12,14-16,18-19H2,(H,29,32). The number of ether oxygens (including phenoxy) is 2. The van der Waals surface area contributed by atoms with Crippen LogP contribution in [-0.4, -0.2) is 28.9 Å². The maximum absolute atomic E-state index is 12.6. The number of nitrogens with zero attached hydrogens (tertiary/aromatic N) is 2. The Morgan fingerprint density at radius 3 is 2.41 bits per heavy atom. The van der Waals surface area contributed by atoms with Crippen LogP contribution >= 0.6 is 0 Å². The third-order valence-corrected chi connectivity index (χ3v) is 5.80. The fourth-order valence-electron chi connectivity index (χ4n) is 4.07. The maximum Gasteiger partial charge on any atom is 0.220 e. The van der Waals surface area contributed by atoms with Crippen molar-refractivity contribution in [3.05, 3.63) is 102 Å². The van der Waals surface area contributed by atoms with Crippen molar-refractivity contribution in [1.82, 2.24) is 15.1 Å². The van der Waals surface area contributed by atoms with Crippen LogP contribution in [0.3, 0.4) is 0 Å². The smallest absolute Gasteiger partial charge is 0.220 e. The second-order valence-corrected chi connectivity index (χ2v) is 8.31. The Morgan fingerprint density at radius 1 is 0.882 bits per heavy atom. The average Bonchev–Trinajstić information content (AvgIpc) is 3.29. The third-order valence-electron chi connectivity index (χ3n) is 5.80. The molecule has 0 atom stereocenters. The van der Waals surface area contributed by atoms with E-state index in [1.54, 1.807) is 0 Å². The first kappa shape index (κ1) is 21.8. The van der Waals surface area contributed by atoms with E-state index in [9.17, 15) is 4.79 Å². The molecule has 0 saturated heterocycles. The molecule has 172 valence electrons. The zero-order chi connectivity index (χ0) is 23.2. The van der Waals surface area contributed by atoms with Crippen molar-refractivity contribution in [2.24, 2.45) is 0 Å². The van der Waals surface area contributed by atoms with Crippen molar-refractivity contribution in [1.29, 1.82) is 0 Å². The number of carbonyl (C=O) groups is 1. The summed E-state index contributed by atoms with van der Waals surface area (Å²) in [6, 6.07) is 26.2. The largest absolute Gasteiger partial charge is 0.486 e. The second-order valence-electron chi connectivity index (χ2n) is 8.31. The van der Waals surface area contributed by atoms with Crippen molar-refractivity contribution < 1.29 is 14.3 Å². The van der Waals surface area contributed by atoms with Gasteiger partial charge in [0.2, 0.25) is 5.91 Å². The van der Waals surface area contributed by atoms with Crippen LogP contribution in [0.15, 0.2) is 85.1 Å². The molecular weight excluding hydrogens is 426 g/mol. The fraction of sp³-hybridized carbons (Fsp3) is 0.214. The Kier molecular flexibility index (Phi) is 6.56. The molecule has 0 saturated carbocycles. The van der Waals surface area contributed by atoms with Crippen LogP contribution in [0.25, 0.3) is 11.3 Å². The molecule has 2 heterocycles. The molecule has 5 rings (SSSR count). The minimum Gasteiger partial charge on any atom is -0.486 e. The summed E-state index contributed by atoms with van der Waals surface area (Å²) in [6.07, 6.45) is 3.07. The first-order chi connectivity index (χ1) is 16.7. The SMILES string of the molecule is O=C(CCc1ccc2c(c1)OCCO2)NCc1cn(Cc2ccccc2)nc1-c1ccccc1. The second kappa shape index (κ2) is 10.3. The topological polar surface area (TPSA) is 65.4 Å². The van der Waals surface area contributed by atoms with Crippen LogP contribution in [-0.2, 0) is 24.3 Å².